The number of H-pyrrole nitrogens is 1. The quantitative estimate of drug-likeness (QED) is 0.847. The first-order valence-electron chi connectivity index (χ1n) is 7.35. The van der Waals surface area contributed by atoms with Crippen LogP contribution in [0.1, 0.15) is 22.5 Å². The highest BCUT2D eigenvalue weighted by molar-refractivity contribution is 5.78. The van der Waals surface area contributed by atoms with Crippen LogP contribution in [-0.2, 0) is 23.9 Å². The summed E-state index contributed by atoms with van der Waals surface area (Å²) in [7, 11) is 0. The van der Waals surface area contributed by atoms with Crippen molar-refractivity contribution in [2.45, 2.75) is 26.1 Å². The number of nitrogens with one attached hydrogen (secondary N) is 1. The van der Waals surface area contributed by atoms with Gasteiger partial charge in [-0.1, -0.05) is 12.1 Å². The number of benzene rings is 1. The van der Waals surface area contributed by atoms with Crippen LogP contribution in [0, 0.1) is 6.92 Å². The Kier molecular flexibility index (Phi) is 5.61. The molecule has 0 aliphatic heterocycles. The molecule has 1 aromatic heterocycles. The van der Waals surface area contributed by atoms with Gasteiger partial charge in [0.2, 0.25) is 5.91 Å². The molecule has 2 rings (SSSR count). The second-order valence-electron chi connectivity index (χ2n) is 5.38. The maximum atomic E-state index is 12.5. The van der Waals surface area contributed by atoms with Crippen molar-refractivity contribution in [1.82, 2.24) is 14.9 Å². The van der Waals surface area contributed by atoms with Gasteiger partial charge in [0.15, 0.2) is 0 Å². The Labute approximate surface area is 137 Å². The van der Waals surface area contributed by atoms with Crippen LogP contribution < -0.4 is 0 Å². The van der Waals surface area contributed by atoms with Crippen molar-refractivity contribution >= 4 is 5.91 Å². The Morgan fingerprint density at radius 3 is 2.46 bits per heavy atom. The molecule has 0 aliphatic carbocycles. The van der Waals surface area contributed by atoms with Crippen LogP contribution in [0.25, 0.3) is 0 Å². The number of rotatable bonds is 6. The van der Waals surface area contributed by atoms with E-state index in [2.05, 4.69) is 9.97 Å². The van der Waals surface area contributed by atoms with Crippen LogP contribution in [0.15, 0.2) is 30.6 Å². The molecule has 0 fully saturated rings. The summed E-state index contributed by atoms with van der Waals surface area (Å²) in [6, 6.07) is 4.49. The molecule has 0 saturated heterocycles. The van der Waals surface area contributed by atoms with Gasteiger partial charge in [-0.2, -0.15) is 13.2 Å². The van der Waals surface area contributed by atoms with Crippen LogP contribution in [0.2, 0.25) is 0 Å². The first-order valence-corrected chi connectivity index (χ1v) is 7.35. The highest BCUT2D eigenvalue weighted by atomic mass is 19.4. The molecule has 1 aromatic carbocycles. The molecule has 0 aliphatic rings. The lowest BCUT2D eigenvalue weighted by atomic mass is 10.1. The summed E-state index contributed by atoms with van der Waals surface area (Å²) in [4.78, 5) is 20.8. The Morgan fingerprint density at radius 1 is 1.29 bits per heavy atom. The van der Waals surface area contributed by atoms with Crippen LogP contribution >= 0.6 is 0 Å². The number of amides is 1. The second kappa shape index (κ2) is 7.48. The predicted molar refractivity (Wildman–Crippen MR) is 81.0 cm³/mol. The maximum absolute atomic E-state index is 12.5. The molecular weight excluding hydrogens is 323 g/mol. The van der Waals surface area contributed by atoms with E-state index in [0.29, 0.717) is 11.3 Å². The monoisotopic (exact) mass is 341 g/mol. The van der Waals surface area contributed by atoms with Gasteiger partial charge in [-0.3, -0.25) is 4.79 Å². The summed E-state index contributed by atoms with van der Waals surface area (Å²) in [5.41, 5.74) is 1.23. The normalized spacial score (nSPS) is 11.5. The van der Waals surface area contributed by atoms with Gasteiger partial charge in [0.25, 0.3) is 0 Å². The molecule has 0 spiro atoms. The zero-order valence-corrected chi connectivity index (χ0v) is 13.1. The van der Waals surface area contributed by atoms with Crippen molar-refractivity contribution in [2.24, 2.45) is 0 Å². The predicted octanol–water partition coefficient (Wildman–Crippen LogP) is 2.30. The van der Waals surface area contributed by atoms with E-state index in [9.17, 15) is 18.0 Å². The molecule has 0 radical (unpaired) electrons. The Bertz CT molecular complexity index is 681. The summed E-state index contributed by atoms with van der Waals surface area (Å²) in [5.74, 6) is -0.286. The lowest BCUT2D eigenvalue weighted by Crippen LogP contribution is -2.34. The Hall–Kier alpha value is -2.35. The second-order valence-corrected chi connectivity index (χ2v) is 5.38. The van der Waals surface area contributed by atoms with Gasteiger partial charge in [0.1, 0.15) is 0 Å². The highest BCUT2D eigenvalue weighted by Crippen LogP contribution is 2.29. The lowest BCUT2D eigenvalue weighted by Gasteiger charge is -2.21. The summed E-state index contributed by atoms with van der Waals surface area (Å²) in [5, 5.41) is 9.13. The summed E-state index contributed by atoms with van der Waals surface area (Å²) >= 11 is 0. The van der Waals surface area contributed by atoms with Gasteiger partial charge in [0.05, 0.1) is 37.2 Å². The largest absolute Gasteiger partial charge is 0.416 e. The minimum Gasteiger partial charge on any atom is -0.395 e. The fourth-order valence-electron chi connectivity index (χ4n) is 2.24. The van der Waals surface area contributed by atoms with Gasteiger partial charge in [-0.05, 0) is 24.6 Å². The molecule has 0 bridgehead atoms. The lowest BCUT2D eigenvalue weighted by molar-refractivity contribution is -0.137. The van der Waals surface area contributed by atoms with E-state index in [4.69, 9.17) is 5.11 Å². The third-order valence-corrected chi connectivity index (χ3v) is 3.63. The zero-order valence-electron chi connectivity index (χ0n) is 13.1. The van der Waals surface area contributed by atoms with Crippen LogP contribution in [-0.4, -0.2) is 39.0 Å². The SMILES string of the molecule is Cc1[nH]cnc1CN(CCO)C(=O)Cc1ccc(C(F)(F)F)cc1. The minimum atomic E-state index is -4.40. The zero-order chi connectivity index (χ0) is 17.7. The molecular formula is C16H18F3N3O2. The Balaban J connectivity index is 2.06. The van der Waals surface area contributed by atoms with Crippen molar-refractivity contribution in [3.8, 4) is 0 Å². The first kappa shape index (κ1) is 18.0. The summed E-state index contributed by atoms with van der Waals surface area (Å²) < 4.78 is 37.6. The molecule has 0 unspecified atom stereocenters. The van der Waals surface area contributed by atoms with Crippen molar-refractivity contribution in [3.05, 3.63) is 53.1 Å². The van der Waals surface area contributed by atoms with Crippen molar-refractivity contribution in [1.29, 1.82) is 0 Å². The van der Waals surface area contributed by atoms with E-state index >= 15 is 0 Å². The fraction of sp³-hybridized carbons (Fsp3) is 0.375. The van der Waals surface area contributed by atoms with Gasteiger partial charge in [-0.25, -0.2) is 4.98 Å². The molecule has 1 heterocycles. The van der Waals surface area contributed by atoms with E-state index in [1.807, 2.05) is 6.92 Å². The molecule has 1 amide bonds. The molecule has 8 heteroatoms. The molecule has 2 N–H and O–H groups in total. The number of alkyl halides is 3. The van der Waals surface area contributed by atoms with E-state index < -0.39 is 11.7 Å². The summed E-state index contributed by atoms with van der Waals surface area (Å²) in [6.45, 7) is 1.98. The number of nitrogens with zero attached hydrogens (tertiary/aromatic N) is 2. The number of hydrogen-bond donors (Lipinski definition) is 2. The van der Waals surface area contributed by atoms with Crippen LogP contribution in [0.5, 0.6) is 0 Å². The number of imidazole rings is 1. The van der Waals surface area contributed by atoms with Crippen molar-refractivity contribution in [2.75, 3.05) is 13.2 Å². The Morgan fingerprint density at radius 2 is 1.96 bits per heavy atom. The molecule has 0 atom stereocenters. The molecule has 130 valence electrons. The number of aliphatic hydroxyl groups excluding tert-OH is 1. The van der Waals surface area contributed by atoms with E-state index in [0.717, 1.165) is 17.8 Å². The van der Waals surface area contributed by atoms with Gasteiger partial charge in [0, 0.05) is 12.2 Å². The number of hydrogen-bond acceptors (Lipinski definition) is 3. The van der Waals surface area contributed by atoms with Gasteiger partial charge >= 0.3 is 6.18 Å². The number of carbonyl (C=O) groups is 1. The highest BCUT2D eigenvalue weighted by Gasteiger charge is 2.30. The number of aryl methyl sites for hydroxylation is 1. The van der Waals surface area contributed by atoms with Crippen molar-refractivity contribution in [3.63, 3.8) is 0 Å². The van der Waals surface area contributed by atoms with E-state index in [-0.39, 0.29) is 32.0 Å². The van der Waals surface area contributed by atoms with E-state index in [1.54, 1.807) is 0 Å². The van der Waals surface area contributed by atoms with Crippen molar-refractivity contribution < 1.29 is 23.1 Å². The number of aromatic amines is 1. The molecule has 2 aromatic rings. The smallest absolute Gasteiger partial charge is 0.395 e. The molecule has 0 saturated carbocycles. The number of halogens is 3. The van der Waals surface area contributed by atoms with E-state index in [1.165, 1.54) is 23.4 Å². The van der Waals surface area contributed by atoms with Gasteiger partial charge in [-0.15, -0.1) is 0 Å². The minimum absolute atomic E-state index is 0.0401. The molecule has 24 heavy (non-hydrogen) atoms. The molecule has 5 nitrogen and oxygen atoms in total. The third-order valence-electron chi connectivity index (χ3n) is 3.63. The average molecular weight is 341 g/mol. The summed E-state index contributed by atoms with van der Waals surface area (Å²) in [6.07, 6.45) is -2.92. The van der Waals surface area contributed by atoms with Gasteiger partial charge < -0.3 is 15.0 Å². The number of aliphatic hydroxyl groups is 1. The van der Waals surface area contributed by atoms with Crippen LogP contribution in [0.4, 0.5) is 13.2 Å². The number of aromatic nitrogens is 2. The van der Waals surface area contributed by atoms with Crippen LogP contribution in [0.3, 0.4) is 0 Å². The average Bonchev–Trinajstić information content (AvgIpc) is 2.91. The fourth-order valence-corrected chi connectivity index (χ4v) is 2.24. The standard InChI is InChI=1S/C16H18F3N3O2/c1-11-14(21-10-20-11)9-22(6-7-23)15(24)8-12-2-4-13(5-3-12)16(17,18)19/h2-5,10,23H,6-9H2,1H3,(H,20,21). The third kappa shape index (κ3) is 4.58. The topological polar surface area (TPSA) is 69.2 Å². The maximum Gasteiger partial charge on any atom is 0.416 e. The first-order chi connectivity index (χ1) is 11.3. The number of carbonyl (C=O) groups excluding carboxylic acids is 1.